The molecule has 112 heavy (non-hydrogen) atoms. The van der Waals surface area contributed by atoms with Crippen molar-refractivity contribution in [1.29, 1.82) is 0 Å². The van der Waals surface area contributed by atoms with E-state index < -0.39 is 5.41 Å². The topological polar surface area (TPSA) is 74.6 Å². The van der Waals surface area contributed by atoms with E-state index in [4.69, 9.17) is 24.4 Å². The Morgan fingerprint density at radius 2 is 0.714 bits per heavy atom. The van der Waals surface area contributed by atoms with Gasteiger partial charge >= 0.3 is 0 Å². The Morgan fingerprint density at radius 3 is 1.31 bits per heavy atom. The number of hydrogen-bond acceptors (Lipinski definition) is 7. The van der Waals surface area contributed by atoms with Crippen LogP contribution in [0.4, 0.5) is 0 Å². The summed E-state index contributed by atoms with van der Waals surface area (Å²) in [5.41, 5.74) is 15.5. The standard InChI is InChI=1S/C103H58N6OS2/c1-103(2)79-50-44-58(54-78(79)93-95(73-34-19-39-85-87(73)71-32-14-17-37-83(71)111-85)104-101(106-99(93)103)108-80-51-48-67-63-27-8-7-25-61(63)62-26-11-12-30-66(62)89(67)91(80)75-46-41-55-21-3-5-23-59(55)97(75)108)57-43-45-69-77(53-57)65-29-10-9-28-64(65)68-49-52-81-92(90(68)69)76-47-42-56-22-4-6-24-60(56)98(76)109(81)102-105-96(94-70-31-13-16-36-82(70)110-100(94)107-102)74-35-20-40-86-88(74)72-33-15-18-38-84(72)112-86/h3-54H,1-2H3. The molecule has 518 valence electrons. The largest absolute Gasteiger partial charge is 0.437 e. The summed E-state index contributed by atoms with van der Waals surface area (Å²) in [6.45, 7) is 4.74. The molecule has 0 saturated heterocycles. The number of furan rings is 1. The highest BCUT2D eigenvalue weighted by atomic mass is 32.1. The van der Waals surface area contributed by atoms with Crippen molar-refractivity contribution in [3.05, 3.63) is 327 Å². The first kappa shape index (κ1) is 61.0. The highest BCUT2D eigenvalue weighted by Crippen LogP contribution is 2.56. The maximum absolute atomic E-state index is 6.89. The monoisotopic (exact) mass is 1460 g/mol. The van der Waals surface area contributed by atoms with Crippen LogP contribution in [0, 0.1) is 0 Å². The van der Waals surface area contributed by atoms with E-state index in [0.29, 0.717) is 17.6 Å². The second kappa shape index (κ2) is 22.1. The molecule has 7 heterocycles. The predicted octanol–water partition coefficient (Wildman–Crippen LogP) is 28.6. The molecule has 18 aromatic carbocycles. The lowest BCUT2D eigenvalue weighted by Crippen LogP contribution is -2.18. The molecule has 1 aliphatic rings. The molecule has 7 aromatic heterocycles. The Hall–Kier alpha value is -14.0. The van der Waals surface area contributed by atoms with E-state index in [2.05, 4.69) is 326 Å². The van der Waals surface area contributed by atoms with E-state index >= 15 is 0 Å². The summed E-state index contributed by atoms with van der Waals surface area (Å²) in [7, 11) is 0. The van der Waals surface area contributed by atoms with Gasteiger partial charge in [0.1, 0.15) is 5.58 Å². The lowest BCUT2D eigenvalue weighted by atomic mass is 9.84. The van der Waals surface area contributed by atoms with E-state index in [1.165, 1.54) is 121 Å². The van der Waals surface area contributed by atoms with Gasteiger partial charge in [0, 0.05) is 111 Å². The molecule has 0 bridgehead atoms. The van der Waals surface area contributed by atoms with Crippen LogP contribution >= 0.6 is 22.7 Å². The number of benzene rings is 18. The fourth-order valence-electron chi connectivity index (χ4n) is 20.1. The van der Waals surface area contributed by atoms with Crippen molar-refractivity contribution in [2.24, 2.45) is 0 Å². The second-order valence-corrected chi connectivity index (χ2v) is 33.1. The van der Waals surface area contributed by atoms with Gasteiger partial charge in [0.15, 0.2) is 0 Å². The SMILES string of the molecule is CC1(C)c2ccc(-c3ccc4c(c3)c3ccccc3c3ccc5c(c6ccc7ccccc7c6n5-c5nc(-c6cccc7sc8ccccc8c67)c6c(n5)oc5ccccc56)c34)cc2-c2c(-c3cccc4sc5ccccc5c34)nc(-n3c4ccc5c6ccccc6c6ccccc6c5c4c4ccc5ccccc5c43)nc21. The molecule has 9 heteroatoms. The normalized spacial score (nSPS) is 13.2. The van der Waals surface area contributed by atoms with Crippen LogP contribution in [0.2, 0.25) is 0 Å². The zero-order chi connectivity index (χ0) is 73.1. The molecule has 0 unspecified atom stereocenters. The first-order valence-corrected chi connectivity index (χ1v) is 40.0. The van der Waals surface area contributed by atoms with Crippen LogP contribution in [0.15, 0.2) is 320 Å². The second-order valence-electron chi connectivity index (χ2n) is 30.9. The van der Waals surface area contributed by atoms with Gasteiger partial charge in [-0.3, -0.25) is 9.13 Å². The summed E-state index contributed by atoms with van der Waals surface area (Å²) in [5, 5.41) is 30.4. The third kappa shape index (κ3) is 8.06. The van der Waals surface area contributed by atoms with Crippen LogP contribution in [-0.2, 0) is 5.41 Å². The lowest BCUT2D eigenvalue weighted by molar-refractivity contribution is 0.632. The fraction of sp³-hybridized carbons (Fsp3) is 0.0291. The molecule has 0 N–H and O–H groups in total. The zero-order valence-corrected chi connectivity index (χ0v) is 62.1. The first-order valence-electron chi connectivity index (χ1n) is 38.3. The number of para-hydroxylation sites is 1. The van der Waals surface area contributed by atoms with Gasteiger partial charge in [-0.1, -0.05) is 275 Å². The Labute approximate surface area is 646 Å². The maximum atomic E-state index is 6.89. The van der Waals surface area contributed by atoms with Gasteiger partial charge in [-0.25, -0.2) is 15.0 Å². The zero-order valence-electron chi connectivity index (χ0n) is 60.4. The van der Waals surface area contributed by atoms with E-state index in [9.17, 15) is 0 Å². The first-order chi connectivity index (χ1) is 55.3. The minimum Gasteiger partial charge on any atom is -0.437 e. The predicted molar refractivity (Wildman–Crippen MR) is 473 cm³/mol. The number of thiophene rings is 2. The third-order valence-corrected chi connectivity index (χ3v) is 27.1. The Balaban J connectivity index is 0.715. The van der Waals surface area contributed by atoms with Gasteiger partial charge in [0.25, 0.3) is 0 Å². The van der Waals surface area contributed by atoms with Gasteiger partial charge in [-0.15, -0.1) is 22.7 Å². The van der Waals surface area contributed by atoms with Crippen molar-refractivity contribution in [3.63, 3.8) is 0 Å². The van der Waals surface area contributed by atoms with Crippen molar-refractivity contribution < 1.29 is 4.42 Å². The number of aromatic nitrogens is 6. The van der Waals surface area contributed by atoms with E-state index in [0.717, 1.165) is 121 Å². The van der Waals surface area contributed by atoms with Gasteiger partial charge in [0.05, 0.1) is 44.5 Å². The van der Waals surface area contributed by atoms with Crippen LogP contribution in [0.25, 0.3) is 249 Å². The van der Waals surface area contributed by atoms with Crippen LogP contribution in [0.3, 0.4) is 0 Å². The number of nitrogens with zero attached hydrogens (tertiary/aromatic N) is 6. The fourth-order valence-corrected chi connectivity index (χ4v) is 22.3. The molecule has 1 aliphatic carbocycles. The third-order valence-electron chi connectivity index (χ3n) is 24.9. The van der Waals surface area contributed by atoms with Gasteiger partial charge in [0.2, 0.25) is 17.6 Å². The minimum atomic E-state index is -0.547. The minimum absolute atomic E-state index is 0.545. The van der Waals surface area contributed by atoms with Crippen molar-refractivity contribution in [2.75, 3.05) is 0 Å². The Bertz CT molecular complexity index is 8610. The number of rotatable bonds is 5. The van der Waals surface area contributed by atoms with Crippen molar-refractivity contribution in [3.8, 4) is 56.7 Å². The quantitative estimate of drug-likeness (QED) is 0.161. The molecule has 26 rings (SSSR count). The molecule has 0 radical (unpaired) electrons. The lowest BCUT2D eigenvalue weighted by Gasteiger charge is -2.22. The Kier molecular flexibility index (Phi) is 12.1. The smallest absolute Gasteiger partial charge is 0.238 e. The summed E-state index contributed by atoms with van der Waals surface area (Å²) >= 11 is 3.66. The van der Waals surface area contributed by atoms with E-state index in [1.807, 2.05) is 34.8 Å². The molecule has 0 saturated carbocycles. The van der Waals surface area contributed by atoms with Crippen molar-refractivity contribution in [2.45, 2.75) is 19.3 Å². The molecule has 0 spiro atoms. The average Bonchev–Trinajstić information content (AvgIpc) is 1.53. The summed E-state index contributed by atoms with van der Waals surface area (Å²) in [5.74, 6) is 1.20. The summed E-state index contributed by atoms with van der Waals surface area (Å²) in [6, 6.07) is 117. The number of fused-ring (bicyclic) bond motifs is 36. The number of hydrogen-bond donors (Lipinski definition) is 0. The highest BCUT2D eigenvalue weighted by Gasteiger charge is 2.41. The van der Waals surface area contributed by atoms with Gasteiger partial charge in [-0.2, -0.15) is 4.98 Å². The van der Waals surface area contributed by atoms with Crippen LogP contribution < -0.4 is 0 Å². The highest BCUT2D eigenvalue weighted by molar-refractivity contribution is 7.26. The molecule has 0 amide bonds. The molecular weight excluding hydrogens is 1400 g/mol. The molecule has 0 fully saturated rings. The van der Waals surface area contributed by atoms with Gasteiger partial charge < -0.3 is 4.42 Å². The van der Waals surface area contributed by atoms with Crippen LogP contribution in [-0.4, -0.2) is 29.1 Å². The van der Waals surface area contributed by atoms with Gasteiger partial charge in [-0.05, 0) is 141 Å². The summed E-state index contributed by atoms with van der Waals surface area (Å²) in [4.78, 5) is 23.6. The van der Waals surface area contributed by atoms with Crippen LogP contribution in [0.1, 0.15) is 25.1 Å². The van der Waals surface area contributed by atoms with E-state index in [1.54, 1.807) is 0 Å². The molecular formula is C103H58N6OS2. The summed E-state index contributed by atoms with van der Waals surface area (Å²) < 4.78 is 16.5. The average molecular weight is 1460 g/mol. The van der Waals surface area contributed by atoms with Crippen LogP contribution in [0.5, 0.6) is 0 Å². The van der Waals surface area contributed by atoms with Crippen molar-refractivity contribution >= 4 is 215 Å². The maximum Gasteiger partial charge on any atom is 0.238 e. The van der Waals surface area contributed by atoms with Crippen molar-refractivity contribution in [1.82, 2.24) is 29.1 Å². The molecule has 25 aromatic rings. The molecule has 0 atom stereocenters. The Morgan fingerprint density at radius 1 is 0.286 bits per heavy atom. The molecule has 7 nitrogen and oxygen atoms in total. The summed E-state index contributed by atoms with van der Waals surface area (Å²) in [6.07, 6.45) is 0. The van der Waals surface area contributed by atoms with E-state index in [-0.39, 0.29) is 0 Å². The molecule has 0 aliphatic heterocycles.